The maximum Gasteiger partial charge on any atom is 0.166 e. The van der Waals surface area contributed by atoms with E-state index in [1.54, 1.807) is 7.11 Å². The Balaban J connectivity index is 2.07. The van der Waals surface area contributed by atoms with E-state index in [9.17, 15) is 10.4 Å². The first-order valence-electron chi connectivity index (χ1n) is 8.22. The van der Waals surface area contributed by atoms with Crippen LogP contribution < -0.4 is 4.74 Å². The lowest BCUT2D eigenvalue weighted by atomic mass is 9.86. The summed E-state index contributed by atoms with van der Waals surface area (Å²) < 4.78 is 6.00. The molecule has 0 aliphatic carbocycles. The smallest absolute Gasteiger partial charge is 0.166 e. The van der Waals surface area contributed by atoms with E-state index in [0.717, 1.165) is 24.9 Å². The molecule has 1 N–H and O–H groups in total. The van der Waals surface area contributed by atoms with Gasteiger partial charge in [-0.2, -0.15) is 5.26 Å². The maximum atomic E-state index is 10.1. The molecule has 1 aliphatic heterocycles. The fraction of sp³-hybridized carbons (Fsp3) is 0.350. The minimum atomic E-state index is 0.172. The van der Waals surface area contributed by atoms with Crippen molar-refractivity contribution in [3.05, 3.63) is 59.2 Å². The van der Waals surface area contributed by atoms with E-state index in [2.05, 4.69) is 25.2 Å². The molecule has 124 valence electrons. The minimum absolute atomic E-state index is 0.172. The molecule has 3 rings (SSSR count). The fourth-order valence-electron chi connectivity index (χ4n) is 3.70. The van der Waals surface area contributed by atoms with Gasteiger partial charge in [0.25, 0.3) is 0 Å². The summed E-state index contributed by atoms with van der Waals surface area (Å²) in [5.74, 6) is 0.684. The predicted octanol–water partition coefficient (Wildman–Crippen LogP) is 3.21. The first kappa shape index (κ1) is 16.4. The second-order valence-electron chi connectivity index (χ2n) is 6.70. The summed E-state index contributed by atoms with van der Waals surface area (Å²) >= 11 is 0. The fourth-order valence-corrected chi connectivity index (χ4v) is 3.70. The molecule has 0 spiro atoms. The number of ether oxygens (including phenoxy) is 1. The van der Waals surface area contributed by atoms with E-state index in [4.69, 9.17) is 4.74 Å². The van der Waals surface area contributed by atoms with Gasteiger partial charge in [0.05, 0.1) is 20.7 Å². The number of phenols is 1. The van der Waals surface area contributed by atoms with Gasteiger partial charge in [-0.25, -0.2) is 0 Å². The molecule has 0 fully saturated rings. The number of quaternary nitrogens is 1. The highest BCUT2D eigenvalue weighted by Crippen LogP contribution is 2.41. The Labute approximate surface area is 143 Å². The number of benzene rings is 2. The molecule has 0 bridgehead atoms. The number of rotatable bonds is 4. The van der Waals surface area contributed by atoms with Crippen LogP contribution in [0.4, 0.5) is 0 Å². The van der Waals surface area contributed by atoms with Gasteiger partial charge in [-0.3, -0.25) is 0 Å². The van der Waals surface area contributed by atoms with Crippen LogP contribution >= 0.6 is 0 Å². The van der Waals surface area contributed by atoms with Gasteiger partial charge in [0.15, 0.2) is 18.0 Å². The lowest BCUT2D eigenvalue weighted by Crippen LogP contribution is -2.52. The van der Waals surface area contributed by atoms with Crippen molar-refractivity contribution in [1.82, 2.24) is 0 Å². The van der Waals surface area contributed by atoms with Gasteiger partial charge in [0.2, 0.25) is 0 Å². The van der Waals surface area contributed by atoms with E-state index >= 15 is 0 Å². The summed E-state index contributed by atoms with van der Waals surface area (Å²) in [6, 6.07) is 16.7. The first-order valence-corrected chi connectivity index (χ1v) is 8.22. The summed E-state index contributed by atoms with van der Waals surface area (Å²) in [7, 11) is 3.72. The van der Waals surface area contributed by atoms with E-state index in [1.165, 1.54) is 11.1 Å². The molecule has 4 heteroatoms. The van der Waals surface area contributed by atoms with Crippen molar-refractivity contribution in [2.45, 2.75) is 18.9 Å². The second-order valence-corrected chi connectivity index (χ2v) is 6.70. The van der Waals surface area contributed by atoms with Crippen LogP contribution in [-0.2, 0) is 12.8 Å². The summed E-state index contributed by atoms with van der Waals surface area (Å²) in [5, 5.41) is 19.4. The molecule has 2 unspecified atom stereocenters. The normalized spacial score (nSPS) is 22.5. The van der Waals surface area contributed by atoms with Crippen LogP contribution in [-0.4, -0.2) is 36.8 Å². The van der Waals surface area contributed by atoms with Gasteiger partial charge < -0.3 is 14.3 Å². The Morgan fingerprint density at radius 3 is 2.71 bits per heavy atom. The number of hydrogen-bond donors (Lipinski definition) is 1. The van der Waals surface area contributed by atoms with Crippen molar-refractivity contribution in [3.63, 3.8) is 0 Å². The second kappa shape index (κ2) is 6.54. The van der Waals surface area contributed by atoms with E-state index < -0.39 is 0 Å². The molecule has 0 aromatic heterocycles. The van der Waals surface area contributed by atoms with Crippen LogP contribution in [0.1, 0.15) is 22.7 Å². The Kier molecular flexibility index (Phi) is 4.46. The first-order chi connectivity index (χ1) is 11.6. The number of nitrogens with zero attached hydrogens (tertiary/aromatic N) is 2. The van der Waals surface area contributed by atoms with Crippen LogP contribution in [0.25, 0.3) is 0 Å². The van der Waals surface area contributed by atoms with Gasteiger partial charge in [-0.15, -0.1) is 0 Å². The quantitative estimate of drug-likeness (QED) is 0.694. The molecule has 2 aromatic rings. The third-order valence-corrected chi connectivity index (χ3v) is 5.15. The van der Waals surface area contributed by atoms with Crippen molar-refractivity contribution >= 4 is 0 Å². The highest BCUT2D eigenvalue weighted by Gasteiger charge is 2.39. The highest BCUT2D eigenvalue weighted by molar-refractivity contribution is 5.48. The Hall–Kier alpha value is -2.51. The summed E-state index contributed by atoms with van der Waals surface area (Å²) in [6.45, 7) is 1.37. The monoisotopic (exact) mass is 323 g/mol. The number of likely N-dealkylation sites (N-methyl/N-ethyl adjacent to an activating group) is 1. The van der Waals surface area contributed by atoms with Gasteiger partial charge in [0, 0.05) is 18.4 Å². The molecule has 0 saturated heterocycles. The molecule has 0 radical (unpaired) electrons. The highest BCUT2D eigenvalue weighted by atomic mass is 16.5. The summed E-state index contributed by atoms with van der Waals surface area (Å²) in [4.78, 5) is 0. The number of phenolic OH excluding ortho intramolecular Hbond substituents is 1. The minimum Gasteiger partial charge on any atom is -0.504 e. The van der Waals surface area contributed by atoms with Crippen LogP contribution in [0.15, 0.2) is 42.5 Å². The molecule has 0 amide bonds. The van der Waals surface area contributed by atoms with Crippen molar-refractivity contribution in [3.8, 4) is 17.6 Å². The molecule has 4 nitrogen and oxygen atoms in total. The maximum absolute atomic E-state index is 10.1. The topological polar surface area (TPSA) is 53.2 Å². The zero-order valence-corrected chi connectivity index (χ0v) is 14.2. The molecule has 1 aliphatic rings. The zero-order valence-electron chi connectivity index (χ0n) is 14.2. The van der Waals surface area contributed by atoms with Crippen molar-refractivity contribution in [2.24, 2.45) is 0 Å². The third kappa shape index (κ3) is 2.95. The number of aromatic hydroxyl groups is 1. The lowest BCUT2D eigenvalue weighted by molar-refractivity contribution is -0.935. The van der Waals surface area contributed by atoms with Crippen molar-refractivity contribution < 1.29 is 14.3 Å². The van der Waals surface area contributed by atoms with Crippen LogP contribution in [0.3, 0.4) is 0 Å². The summed E-state index contributed by atoms with van der Waals surface area (Å²) in [6.07, 6.45) is 1.72. The molecule has 0 saturated carbocycles. The molecule has 2 aromatic carbocycles. The molecule has 1 heterocycles. The van der Waals surface area contributed by atoms with Crippen LogP contribution in [0.5, 0.6) is 11.5 Å². The molecule has 24 heavy (non-hydrogen) atoms. The van der Waals surface area contributed by atoms with E-state index in [0.29, 0.717) is 16.8 Å². The SMILES string of the molecule is COc1cc2c(cc1O)CC[N+](C)(CC#N)C2Cc1ccccc1. The number of methoxy groups -OCH3 is 1. The molecule has 2 atom stereocenters. The van der Waals surface area contributed by atoms with Crippen molar-refractivity contribution in [1.29, 1.82) is 5.26 Å². The number of fused-ring (bicyclic) bond motifs is 1. The zero-order chi connectivity index (χ0) is 17.2. The average molecular weight is 323 g/mol. The van der Waals surface area contributed by atoms with Gasteiger partial charge in [-0.1, -0.05) is 30.3 Å². The predicted molar refractivity (Wildman–Crippen MR) is 92.8 cm³/mol. The average Bonchev–Trinajstić information content (AvgIpc) is 2.58. The molecular weight excluding hydrogens is 300 g/mol. The van der Waals surface area contributed by atoms with Crippen LogP contribution in [0.2, 0.25) is 0 Å². The van der Waals surface area contributed by atoms with Crippen LogP contribution in [0, 0.1) is 11.3 Å². The van der Waals surface area contributed by atoms with Gasteiger partial charge >= 0.3 is 0 Å². The lowest BCUT2D eigenvalue weighted by Gasteiger charge is -2.44. The largest absolute Gasteiger partial charge is 0.504 e. The Bertz CT molecular complexity index is 767. The number of nitriles is 1. The van der Waals surface area contributed by atoms with Gasteiger partial charge in [0.1, 0.15) is 12.1 Å². The Morgan fingerprint density at radius 2 is 2.04 bits per heavy atom. The van der Waals surface area contributed by atoms with Crippen molar-refractivity contribution in [2.75, 3.05) is 27.2 Å². The number of hydrogen-bond acceptors (Lipinski definition) is 3. The standard InChI is InChI=1S/C20H22N2O2/c1-22(11-9-21)10-8-16-13-19(23)20(24-2)14-17(16)18(22)12-15-6-4-3-5-7-15/h3-7,13-14,18H,8,10-12H2,1-2H3/p+1. The molecular formula is C20H23N2O2+. The van der Waals surface area contributed by atoms with Gasteiger partial charge in [-0.05, 0) is 23.3 Å². The third-order valence-electron chi connectivity index (χ3n) is 5.15. The summed E-state index contributed by atoms with van der Waals surface area (Å²) in [5.41, 5.74) is 3.59. The van der Waals surface area contributed by atoms with E-state index in [1.807, 2.05) is 30.3 Å². The Morgan fingerprint density at radius 1 is 1.29 bits per heavy atom. The van der Waals surface area contributed by atoms with E-state index in [-0.39, 0.29) is 11.8 Å².